The van der Waals surface area contributed by atoms with Crippen LogP contribution in [0.3, 0.4) is 0 Å². The van der Waals surface area contributed by atoms with Gasteiger partial charge in [-0.1, -0.05) is 6.92 Å². The number of nitrogens with one attached hydrogen (secondary N) is 1. The van der Waals surface area contributed by atoms with Crippen molar-refractivity contribution in [1.29, 1.82) is 0 Å². The fourth-order valence-electron chi connectivity index (χ4n) is 1.10. The van der Waals surface area contributed by atoms with Gasteiger partial charge in [0.05, 0.1) is 0 Å². The van der Waals surface area contributed by atoms with Gasteiger partial charge in [-0.25, -0.2) is 0 Å². The number of carbonyl (C=O) groups is 1. The van der Waals surface area contributed by atoms with Crippen molar-refractivity contribution in [1.82, 2.24) is 5.32 Å². The third-order valence-electron chi connectivity index (χ3n) is 1.83. The van der Waals surface area contributed by atoms with E-state index >= 15 is 0 Å². The summed E-state index contributed by atoms with van der Waals surface area (Å²) < 4.78 is 22.1. The Labute approximate surface area is 154 Å². The summed E-state index contributed by atoms with van der Waals surface area (Å²) in [6, 6.07) is 0. The molecule has 0 bridgehead atoms. The van der Waals surface area contributed by atoms with Crippen LogP contribution in [0.1, 0.15) is 23.1 Å². The Morgan fingerprint density at radius 3 is 1.59 bits per heavy atom. The van der Waals surface area contributed by atoms with Crippen molar-refractivity contribution in [2.45, 2.75) is 25.3 Å². The zero-order valence-corrected chi connectivity index (χ0v) is 15.8. The Bertz CT molecular complexity index is 339. The molecular formula is C5H15CaNNaO7P2. The van der Waals surface area contributed by atoms with Crippen molar-refractivity contribution in [2.75, 3.05) is 0 Å². The van der Waals surface area contributed by atoms with Crippen LogP contribution in [0, 0.1) is 0 Å². The maximum atomic E-state index is 11.1. The van der Waals surface area contributed by atoms with E-state index in [4.69, 9.17) is 19.6 Å². The molecule has 0 aliphatic heterocycles. The maximum Gasteiger partial charge on any atom is 2.00 e. The van der Waals surface area contributed by atoms with Gasteiger partial charge < -0.3 is 27.7 Å². The third-order valence-corrected chi connectivity index (χ3v) is 6.18. The fourth-order valence-corrected chi connectivity index (χ4v) is 3.89. The number of hydrogen-bond donors (Lipinski definition) is 5. The van der Waals surface area contributed by atoms with E-state index in [-0.39, 0.29) is 70.1 Å². The molecule has 0 fully saturated rings. The quantitative estimate of drug-likeness (QED) is 0.329. The number of hydrogen-bond acceptors (Lipinski definition) is 3. The summed E-state index contributed by atoms with van der Waals surface area (Å²) in [5.41, 5.74) is 0. The van der Waals surface area contributed by atoms with Crippen molar-refractivity contribution < 1.29 is 36.4 Å². The first-order valence-corrected chi connectivity index (χ1v) is 7.10. The van der Waals surface area contributed by atoms with Gasteiger partial charge in [0.1, 0.15) is 0 Å². The Kier molecular flexibility index (Phi) is 11.8. The molecule has 8 nitrogen and oxygen atoms in total. The van der Waals surface area contributed by atoms with Crippen LogP contribution >= 0.6 is 15.2 Å². The van der Waals surface area contributed by atoms with Gasteiger partial charge in [0.25, 0.3) is 0 Å². The minimum Gasteiger partial charge on any atom is -1.00 e. The van der Waals surface area contributed by atoms with Crippen LogP contribution < -0.4 is 5.32 Å². The van der Waals surface area contributed by atoms with E-state index in [1.165, 1.54) is 0 Å². The molecule has 0 rings (SSSR count). The molecule has 17 heavy (non-hydrogen) atoms. The van der Waals surface area contributed by atoms with Crippen LogP contribution in [-0.2, 0) is 13.9 Å². The molecule has 5 N–H and O–H groups in total. The molecule has 1 amide bonds. The molecule has 0 saturated carbocycles. The molecule has 0 aromatic rings. The summed E-state index contributed by atoms with van der Waals surface area (Å²) in [6.07, 6.45) is -0.582. The average Bonchev–Trinajstić information content (AvgIpc) is 1.94. The Hall–Kier alpha value is 2.03. The number of rotatable bonds is 4. The van der Waals surface area contributed by atoms with Gasteiger partial charge in [0.2, 0.25) is 10.9 Å². The minimum atomic E-state index is -5.18. The first-order valence-electron chi connectivity index (χ1n) is 3.88. The fraction of sp³-hybridized carbons (Fsp3) is 0.800. The van der Waals surface area contributed by atoms with Crippen molar-refractivity contribution >= 4 is 88.4 Å². The normalized spacial score (nSPS) is 12.1. The molecular weight excluding hydrogens is 311 g/mol. The van der Waals surface area contributed by atoms with E-state index < -0.39 is 32.5 Å². The Morgan fingerprint density at radius 1 is 1.24 bits per heavy atom. The molecule has 95 valence electrons. The molecule has 0 aliphatic rings. The van der Waals surface area contributed by atoms with Crippen molar-refractivity contribution in [3.05, 3.63) is 0 Å². The van der Waals surface area contributed by atoms with E-state index in [0.29, 0.717) is 0 Å². The van der Waals surface area contributed by atoms with E-state index in [9.17, 15) is 13.9 Å². The average molecular weight is 326 g/mol. The predicted molar refractivity (Wildman–Crippen MR) is 64.7 cm³/mol. The summed E-state index contributed by atoms with van der Waals surface area (Å²) in [7, 11) is -10.4. The van der Waals surface area contributed by atoms with Gasteiger partial charge in [-0.2, -0.15) is 0 Å². The standard InChI is InChI=1S/C5H13NO7P2.Ca.Na.2H/c1-3-5(6-4(2)7,14(8,9)10)15(11,12)13;;;;/h3H2,1-2H3,(H,6,7)(H2,8,9,10)(H2,11,12,13);;;;/q;+2;;2*-1. The van der Waals surface area contributed by atoms with E-state index in [2.05, 4.69) is 0 Å². The van der Waals surface area contributed by atoms with Crippen molar-refractivity contribution in [3.8, 4) is 0 Å². The summed E-state index contributed by atoms with van der Waals surface area (Å²) >= 11 is 0. The zero-order chi connectivity index (χ0) is 12.5. The van der Waals surface area contributed by atoms with Gasteiger partial charge in [-0.05, 0) is 6.42 Å². The van der Waals surface area contributed by atoms with Crippen molar-refractivity contribution in [3.63, 3.8) is 0 Å². The van der Waals surface area contributed by atoms with Crippen LogP contribution in [0.25, 0.3) is 0 Å². The SMILES string of the molecule is CCC(NC(C)=O)(P(=O)(O)O)P(=O)(O)O.[Ca+2].[H-].[H-].[Na]. The number of amides is 1. The second kappa shape index (κ2) is 8.35. The first-order chi connectivity index (χ1) is 6.48. The topological polar surface area (TPSA) is 144 Å². The Morgan fingerprint density at radius 2 is 1.53 bits per heavy atom. The molecule has 0 heterocycles. The minimum absolute atomic E-state index is 0. The van der Waals surface area contributed by atoms with Crippen molar-refractivity contribution in [2.24, 2.45) is 0 Å². The molecule has 0 atom stereocenters. The molecule has 0 aromatic heterocycles. The second-order valence-electron chi connectivity index (χ2n) is 2.94. The summed E-state index contributed by atoms with van der Waals surface area (Å²) in [6.45, 7) is 2.07. The smallest absolute Gasteiger partial charge is 1.00 e. The Balaban J connectivity index is -0.000000163. The second-order valence-corrected chi connectivity index (χ2v) is 7.00. The molecule has 12 heteroatoms. The first kappa shape index (κ1) is 24.1. The number of carbonyl (C=O) groups excluding carboxylic acids is 1. The molecule has 0 unspecified atom stereocenters. The van der Waals surface area contributed by atoms with Gasteiger partial charge in [0, 0.05) is 36.5 Å². The van der Waals surface area contributed by atoms with Gasteiger partial charge in [-0.15, -0.1) is 0 Å². The van der Waals surface area contributed by atoms with Crippen LogP contribution in [-0.4, -0.2) is 97.8 Å². The van der Waals surface area contributed by atoms with Gasteiger partial charge >= 0.3 is 52.9 Å². The van der Waals surface area contributed by atoms with Crippen LogP contribution in [0.15, 0.2) is 0 Å². The van der Waals surface area contributed by atoms with E-state index in [0.717, 1.165) is 13.8 Å². The summed E-state index contributed by atoms with van der Waals surface area (Å²) in [5, 5.41) is -1.17. The predicted octanol–water partition coefficient (Wildman–Crippen LogP) is -0.995. The summed E-state index contributed by atoms with van der Waals surface area (Å²) in [5.74, 6) is -0.927. The van der Waals surface area contributed by atoms with Gasteiger partial charge in [-0.3, -0.25) is 13.9 Å². The maximum absolute atomic E-state index is 11.1. The molecule has 0 spiro atoms. The molecule has 0 aromatic carbocycles. The largest absolute Gasteiger partial charge is 2.00 e. The summed E-state index contributed by atoms with van der Waals surface area (Å²) in [4.78, 5) is 46.4. The van der Waals surface area contributed by atoms with E-state index in [1.807, 2.05) is 0 Å². The molecule has 0 aliphatic carbocycles. The molecule has 1 radical (unpaired) electrons. The van der Waals surface area contributed by atoms with Gasteiger partial charge in [0.15, 0.2) is 0 Å². The van der Waals surface area contributed by atoms with E-state index in [1.54, 1.807) is 5.32 Å². The van der Waals surface area contributed by atoms with Crippen LogP contribution in [0.2, 0.25) is 0 Å². The third kappa shape index (κ3) is 5.90. The van der Waals surface area contributed by atoms with Crippen LogP contribution in [0.5, 0.6) is 0 Å². The monoisotopic (exact) mass is 326 g/mol. The zero-order valence-electron chi connectivity index (χ0n) is 11.8. The van der Waals surface area contributed by atoms with Crippen LogP contribution in [0.4, 0.5) is 0 Å². The molecule has 0 saturated heterocycles.